The van der Waals surface area contributed by atoms with E-state index in [-0.39, 0.29) is 0 Å². The van der Waals surface area contributed by atoms with Crippen LogP contribution in [-0.4, -0.2) is 21.1 Å². The molecule has 1 atom stereocenters. The highest BCUT2D eigenvalue weighted by Crippen LogP contribution is 2.27. The summed E-state index contributed by atoms with van der Waals surface area (Å²) in [7, 11) is 0. The maximum atomic E-state index is 5.84. The molecule has 11 heavy (non-hydrogen) atoms. The summed E-state index contributed by atoms with van der Waals surface area (Å²) < 4.78 is 6.71. The zero-order chi connectivity index (χ0) is 8.27. The molecule has 0 spiro atoms. The van der Waals surface area contributed by atoms with Crippen molar-refractivity contribution in [3.05, 3.63) is 0 Å². The van der Waals surface area contributed by atoms with Crippen LogP contribution in [0.5, 0.6) is 0 Å². The second kappa shape index (κ2) is 4.50. The molecule has 0 aromatic heterocycles. The molecule has 1 aliphatic rings. The largest absolute Gasteiger partial charge is 0.500 e. The molecule has 1 rings (SSSR count). The summed E-state index contributed by atoms with van der Waals surface area (Å²) >= 11 is -0.778. The second-order valence-electron chi connectivity index (χ2n) is 4.01. The van der Waals surface area contributed by atoms with Gasteiger partial charge in [0.25, 0.3) is 0 Å². The van der Waals surface area contributed by atoms with Crippen molar-refractivity contribution in [3.63, 3.8) is 0 Å². The maximum absolute atomic E-state index is 5.84. The van der Waals surface area contributed by atoms with E-state index in [9.17, 15) is 0 Å². The van der Waals surface area contributed by atoms with Crippen LogP contribution < -0.4 is 0 Å². The van der Waals surface area contributed by atoms with Crippen LogP contribution in [-0.2, 0) is 3.79 Å². The molecular formula is C9H19AlO. The second-order valence-corrected chi connectivity index (χ2v) is 7.05. The summed E-state index contributed by atoms with van der Waals surface area (Å²) in [5, 5.41) is 1.42. The lowest BCUT2D eigenvalue weighted by atomic mass is 10.1. The molecule has 0 radical (unpaired) electrons. The minimum atomic E-state index is -0.778. The molecule has 1 nitrogen and oxygen atoms in total. The highest BCUT2D eigenvalue weighted by atomic mass is 27.2. The predicted octanol–water partition coefficient (Wildman–Crippen LogP) is 2.83. The lowest BCUT2D eigenvalue weighted by Crippen LogP contribution is -2.29. The Hall–Kier alpha value is 0.492. The van der Waals surface area contributed by atoms with Gasteiger partial charge in [0.05, 0.1) is 0 Å². The van der Waals surface area contributed by atoms with E-state index in [2.05, 4.69) is 20.8 Å². The van der Waals surface area contributed by atoms with E-state index in [0.29, 0.717) is 0 Å². The van der Waals surface area contributed by atoms with Crippen LogP contribution >= 0.6 is 0 Å². The van der Waals surface area contributed by atoms with Crippen LogP contribution in [0.3, 0.4) is 0 Å². The molecule has 0 saturated carbocycles. The van der Waals surface area contributed by atoms with E-state index in [1.54, 1.807) is 0 Å². The van der Waals surface area contributed by atoms with E-state index in [0.717, 1.165) is 17.3 Å². The predicted molar refractivity (Wildman–Crippen MR) is 50.0 cm³/mol. The van der Waals surface area contributed by atoms with Crippen LogP contribution in [0.15, 0.2) is 0 Å². The first-order chi connectivity index (χ1) is 5.22. The van der Waals surface area contributed by atoms with Crippen LogP contribution in [0.4, 0.5) is 0 Å². The van der Waals surface area contributed by atoms with E-state index in [1.807, 2.05) is 0 Å². The fourth-order valence-corrected chi connectivity index (χ4v) is 4.62. The SMILES string of the molecule is CC(C)[CH](C)[Al]1[CH2]CCC[O]1. The maximum Gasteiger partial charge on any atom is 0.464 e. The van der Waals surface area contributed by atoms with Crippen LogP contribution in [0.25, 0.3) is 0 Å². The number of rotatable bonds is 2. The van der Waals surface area contributed by atoms with Gasteiger partial charge in [0.1, 0.15) is 0 Å². The fourth-order valence-electron chi connectivity index (χ4n) is 1.61. The molecule has 0 aliphatic carbocycles. The molecular weight excluding hydrogens is 151 g/mol. The lowest BCUT2D eigenvalue weighted by Gasteiger charge is -2.25. The van der Waals surface area contributed by atoms with Gasteiger partial charge in [0.2, 0.25) is 0 Å². The third-order valence-corrected chi connectivity index (χ3v) is 6.44. The molecule has 2 heteroatoms. The standard InChI is InChI=1S/C5H11.C4H8O.Al/c1-4-5(2)3;1-2-3-4-5;/h4-5H,1-3H3;1-4H2;/q;-1;+1. The van der Waals surface area contributed by atoms with Crippen molar-refractivity contribution in [1.29, 1.82) is 0 Å². The first-order valence-corrected chi connectivity index (χ1v) is 6.79. The van der Waals surface area contributed by atoms with Gasteiger partial charge in [-0.15, -0.1) is 0 Å². The van der Waals surface area contributed by atoms with Crippen molar-refractivity contribution in [1.82, 2.24) is 0 Å². The van der Waals surface area contributed by atoms with Gasteiger partial charge in [-0.1, -0.05) is 43.2 Å². The molecule has 0 amide bonds. The summed E-state index contributed by atoms with van der Waals surface area (Å²) in [5.41, 5.74) is 0. The summed E-state index contributed by atoms with van der Waals surface area (Å²) in [5.74, 6) is 0.824. The zero-order valence-electron chi connectivity index (χ0n) is 7.97. The highest BCUT2D eigenvalue weighted by Gasteiger charge is 2.31. The van der Waals surface area contributed by atoms with Crippen LogP contribution in [0.2, 0.25) is 10.1 Å². The van der Waals surface area contributed by atoms with Gasteiger partial charge in [0, 0.05) is 6.61 Å². The lowest BCUT2D eigenvalue weighted by molar-refractivity contribution is 0.274. The molecule has 1 saturated heterocycles. The van der Waals surface area contributed by atoms with Crippen LogP contribution in [0, 0.1) is 5.92 Å². The fraction of sp³-hybridized carbons (Fsp3) is 1.00. The van der Waals surface area contributed by atoms with E-state index in [4.69, 9.17) is 3.79 Å². The first-order valence-electron chi connectivity index (χ1n) is 4.83. The van der Waals surface area contributed by atoms with E-state index in [1.165, 1.54) is 18.1 Å². The molecule has 0 aromatic carbocycles. The van der Waals surface area contributed by atoms with E-state index < -0.39 is 14.5 Å². The molecule has 64 valence electrons. The topological polar surface area (TPSA) is 9.23 Å². The zero-order valence-corrected chi connectivity index (χ0v) is 9.12. The summed E-state index contributed by atoms with van der Waals surface area (Å²) in [6.45, 7) is 8.05. The average molecular weight is 170 g/mol. The van der Waals surface area contributed by atoms with Crippen molar-refractivity contribution in [2.24, 2.45) is 5.92 Å². The molecule has 1 heterocycles. The smallest absolute Gasteiger partial charge is 0.464 e. The third kappa shape index (κ3) is 2.78. The van der Waals surface area contributed by atoms with Gasteiger partial charge in [-0.3, -0.25) is 0 Å². The van der Waals surface area contributed by atoms with Gasteiger partial charge >= 0.3 is 14.5 Å². The van der Waals surface area contributed by atoms with E-state index >= 15 is 0 Å². The highest BCUT2D eigenvalue weighted by molar-refractivity contribution is 6.53. The van der Waals surface area contributed by atoms with Crippen molar-refractivity contribution < 1.29 is 3.79 Å². The van der Waals surface area contributed by atoms with Gasteiger partial charge in [-0.25, -0.2) is 0 Å². The summed E-state index contributed by atoms with van der Waals surface area (Å²) in [6.07, 6.45) is 2.72. The Kier molecular flexibility index (Phi) is 3.92. The quantitative estimate of drug-likeness (QED) is 0.579. The third-order valence-electron chi connectivity index (χ3n) is 2.85. The minimum absolute atomic E-state index is 0.778. The summed E-state index contributed by atoms with van der Waals surface area (Å²) in [4.78, 5) is 0. The number of hydrogen-bond acceptors (Lipinski definition) is 1. The Labute approximate surface area is 74.9 Å². The van der Waals surface area contributed by atoms with Crippen molar-refractivity contribution in [3.8, 4) is 0 Å². The summed E-state index contributed by atoms with van der Waals surface area (Å²) in [6, 6.07) is 0. The van der Waals surface area contributed by atoms with Crippen LogP contribution in [0.1, 0.15) is 33.6 Å². The van der Waals surface area contributed by atoms with Gasteiger partial charge in [0.15, 0.2) is 0 Å². The minimum Gasteiger partial charge on any atom is -0.500 e. The molecule has 0 aromatic rings. The number of hydrogen-bond donors (Lipinski definition) is 0. The monoisotopic (exact) mass is 170 g/mol. The van der Waals surface area contributed by atoms with Crippen molar-refractivity contribution in [2.75, 3.05) is 6.61 Å². The van der Waals surface area contributed by atoms with Gasteiger partial charge in [-0.05, 0) is 6.42 Å². The Morgan fingerprint density at radius 1 is 1.18 bits per heavy atom. The molecule has 1 fully saturated rings. The molecule has 0 bridgehead atoms. The normalized spacial score (nSPS) is 22.4. The van der Waals surface area contributed by atoms with Crippen molar-refractivity contribution in [2.45, 2.75) is 43.7 Å². The van der Waals surface area contributed by atoms with Gasteiger partial charge in [-0.2, -0.15) is 0 Å². The molecule has 0 N–H and O–H groups in total. The Bertz CT molecular complexity index is 108. The Morgan fingerprint density at radius 3 is 2.36 bits per heavy atom. The molecule has 1 unspecified atom stereocenters. The Morgan fingerprint density at radius 2 is 1.91 bits per heavy atom. The van der Waals surface area contributed by atoms with Crippen molar-refractivity contribution >= 4 is 14.5 Å². The molecule has 1 aliphatic heterocycles. The van der Waals surface area contributed by atoms with Gasteiger partial charge < -0.3 is 3.79 Å². The first kappa shape index (κ1) is 9.58. The average Bonchev–Trinajstić information content (AvgIpc) is 2.05. The Balaban J connectivity index is 2.32.